The second-order valence-electron chi connectivity index (χ2n) is 5.51. The number of halogens is 1. The zero-order valence-corrected chi connectivity index (χ0v) is 13.4. The molecule has 6 heteroatoms. The van der Waals surface area contributed by atoms with E-state index in [1.165, 1.54) is 24.0 Å². The number of para-hydroxylation sites is 1. The molecule has 0 N–H and O–H groups in total. The van der Waals surface area contributed by atoms with Gasteiger partial charge in [0.2, 0.25) is 5.91 Å². The third-order valence-electron chi connectivity index (χ3n) is 4.11. The van der Waals surface area contributed by atoms with Crippen LogP contribution in [0.5, 0.6) is 0 Å². The third-order valence-corrected chi connectivity index (χ3v) is 6.17. The normalized spacial score (nSPS) is 15.3. The summed E-state index contributed by atoms with van der Waals surface area (Å²) in [7, 11) is -3.85. The van der Waals surface area contributed by atoms with Crippen LogP contribution in [0.25, 0.3) is 0 Å². The summed E-state index contributed by atoms with van der Waals surface area (Å²) in [6.45, 7) is 1.85. The highest BCUT2D eigenvalue weighted by atomic mass is 32.2. The van der Waals surface area contributed by atoms with Crippen molar-refractivity contribution in [3.63, 3.8) is 0 Å². The molecule has 23 heavy (non-hydrogen) atoms. The van der Waals surface area contributed by atoms with Gasteiger partial charge in [-0.15, -0.1) is 0 Å². The van der Waals surface area contributed by atoms with Crippen LogP contribution in [0.3, 0.4) is 0 Å². The average molecular weight is 333 g/mol. The lowest BCUT2D eigenvalue weighted by Crippen LogP contribution is -2.40. The van der Waals surface area contributed by atoms with E-state index < -0.39 is 26.8 Å². The lowest BCUT2D eigenvalue weighted by molar-refractivity contribution is -0.117. The Bertz CT molecular complexity index is 846. The predicted octanol–water partition coefficient (Wildman–Crippen LogP) is 2.58. The molecule has 0 fully saturated rings. The van der Waals surface area contributed by atoms with E-state index in [9.17, 15) is 17.6 Å². The Morgan fingerprint density at radius 2 is 1.78 bits per heavy atom. The maximum Gasteiger partial charge on any atom is 0.245 e. The first-order chi connectivity index (χ1) is 10.9. The highest BCUT2D eigenvalue weighted by Crippen LogP contribution is 2.29. The second kappa shape index (κ2) is 5.77. The number of hydrogen-bond donors (Lipinski definition) is 0. The molecule has 1 amide bonds. The number of sulfone groups is 1. The van der Waals surface area contributed by atoms with Gasteiger partial charge in [0.1, 0.15) is 11.1 Å². The largest absolute Gasteiger partial charge is 0.311 e. The molecule has 0 unspecified atom stereocenters. The first-order valence-electron chi connectivity index (χ1n) is 7.30. The summed E-state index contributed by atoms with van der Waals surface area (Å²) in [6, 6.07) is 12.0. The lowest BCUT2D eigenvalue weighted by atomic mass is 10.2. The van der Waals surface area contributed by atoms with Crippen LogP contribution in [-0.4, -0.2) is 26.1 Å². The second-order valence-corrected chi connectivity index (χ2v) is 7.78. The van der Waals surface area contributed by atoms with Crippen LogP contribution in [0.4, 0.5) is 10.1 Å². The summed E-state index contributed by atoms with van der Waals surface area (Å²) in [4.78, 5) is 14.1. The summed E-state index contributed by atoms with van der Waals surface area (Å²) in [5.74, 6) is -0.976. The fourth-order valence-electron chi connectivity index (χ4n) is 2.75. The fourth-order valence-corrected chi connectivity index (χ4v) is 4.06. The van der Waals surface area contributed by atoms with Crippen LogP contribution >= 0.6 is 0 Å². The first-order valence-corrected chi connectivity index (χ1v) is 8.84. The maximum atomic E-state index is 13.0. The Morgan fingerprint density at radius 3 is 2.48 bits per heavy atom. The molecule has 0 bridgehead atoms. The van der Waals surface area contributed by atoms with Gasteiger partial charge < -0.3 is 4.90 Å². The molecule has 2 aromatic carbocycles. The van der Waals surface area contributed by atoms with E-state index in [4.69, 9.17) is 0 Å². The monoisotopic (exact) mass is 333 g/mol. The van der Waals surface area contributed by atoms with Crippen molar-refractivity contribution in [1.29, 1.82) is 0 Å². The van der Waals surface area contributed by atoms with Crippen molar-refractivity contribution in [2.24, 2.45) is 0 Å². The molecule has 1 heterocycles. The highest BCUT2D eigenvalue weighted by Gasteiger charge is 2.35. The van der Waals surface area contributed by atoms with Gasteiger partial charge in [-0.25, -0.2) is 12.8 Å². The Balaban J connectivity index is 1.90. The Hall–Kier alpha value is -2.21. The molecule has 1 atom stereocenters. The number of anilines is 1. The molecule has 0 aliphatic carbocycles. The molecular formula is C17H16FNO3S. The number of carbonyl (C=O) groups is 1. The van der Waals surface area contributed by atoms with E-state index in [2.05, 4.69) is 0 Å². The van der Waals surface area contributed by atoms with Crippen LogP contribution < -0.4 is 4.90 Å². The van der Waals surface area contributed by atoms with Crippen LogP contribution in [0, 0.1) is 5.82 Å². The quantitative estimate of drug-likeness (QED) is 0.811. The molecule has 0 aromatic heterocycles. The number of carbonyl (C=O) groups excluding carboxylic acids is 1. The van der Waals surface area contributed by atoms with Crippen molar-refractivity contribution < 1.29 is 17.6 Å². The van der Waals surface area contributed by atoms with Gasteiger partial charge in [0, 0.05) is 12.2 Å². The van der Waals surface area contributed by atoms with Crippen LogP contribution in [0.1, 0.15) is 12.5 Å². The van der Waals surface area contributed by atoms with Crippen LogP contribution in [-0.2, 0) is 21.1 Å². The van der Waals surface area contributed by atoms with Gasteiger partial charge in [-0.1, -0.05) is 18.2 Å². The molecule has 3 rings (SSSR count). The molecule has 0 radical (unpaired) electrons. The van der Waals surface area contributed by atoms with Gasteiger partial charge in [-0.2, -0.15) is 0 Å². The van der Waals surface area contributed by atoms with E-state index in [1.807, 2.05) is 24.3 Å². The SMILES string of the molecule is C[C@H](C(=O)N1CCc2ccccc21)S(=O)(=O)c1ccc(F)cc1. The molecular weight excluding hydrogens is 317 g/mol. The molecule has 1 aliphatic rings. The number of hydrogen-bond acceptors (Lipinski definition) is 3. The number of amides is 1. The molecule has 0 spiro atoms. The topological polar surface area (TPSA) is 54.5 Å². The van der Waals surface area contributed by atoms with E-state index in [1.54, 1.807) is 0 Å². The van der Waals surface area contributed by atoms with Crippen LogP contribution in [0.2, 0.25) is 0 Å². The summed E-state index contributed by atoms with van der Waals surface area (Å²) in [6.07, 6.45) is 0.714. The number of nitrogens with zero attached hydrogens (tertiary/aromatic N) is 1. The molecule has 4 nitrogen and oxygen atoms in total. The van der Waals surface area contributed by atoms with Gasteiger partial charge in [0.15, 0.2) is 9.84 Å². The van der Waals surface area contributed by atoms with Crippen LogP contribution in [0.15, 0.2) is 53.4 Å². The molecule has 1 aliphatic heterocycles. The summed E-state index contributed by atoms with van der Waals surface area (Å²) >= 11 is 0. The average Bonchev–Trinajstić information content (AvgIpc) is 2.98. The Labute approximate surface area is 134 Å². The maximum absolute atomic E-state index is 13.0. The Morgan fingerprint density at radius 1 is 1.13 bits per heavy atom. The van der Waals surface area contributed by atoms with Gasteiger partial charge in [0.05, 0.1) is 4.90 Å². The fraction of sp³-hybridized carbons (Fsp3) is 0.235. The lowest BCUT2D eigenvalue weighted by Gasteiger charge is -2.21. The van der Waals surface area contributed by atoms with Crippen molar-refractivity contribution in [1.82, 2.24) is 0 Å². The molecule has 0 saturated heterocycles. The van der Waals surface area contributed by atoms with Crippen molar-refractivity contribution in [2.45, 2.75) is 23.5 Å². The number of fused-ring (bicyclic) bond motifs is 1. The first kappa shape index (κ1) is 15.7. The van der Waals surface area contributed by atoms with Gasteiger partial charge >= 0.3 is 0 Å². The number of benzene rings is 2. The minimum absolute atomic E-state index is 0.0489. The van der Waals surface area contributed by atoms with Gasteiger partial charge in [0.25, 0.3) is 0 Å². The van der Waals surface area contributed by atoms with E-state index >= 15 is 0 Å². The van der Waals surface area contributed by atoms with Crippen molar-refractivity contribution in [3.8, 4) is 0 Å². The minimum atomic E-state index is -3.85. The standard InChI is InChI=1S/C17H16FNO3S/c1-12(23(21,22)15-8-6-14(18)7-9-15)17(20)19-11-10-13-4-2-3-5-16(13)19/h2-9,12H,10-11H2,1H3/t12-/m1/s1. The number of rotatable bonds is 3. The van der Waals surface area contributed by atoms with Gasteiger partial charge in [-0.05, 0) is 49.2 Å². The Kier molecular flexibility index (Phi) is 3.93. The van der Waals surface area contributed by atoms with E-state index in [0.29, 0.717) is 13.0 Å². The predicted molar refractivity (Wildman–Crippen MR) is 85.5 cm³/mol. The van der Waals surface area contributed by atoms with Crippen molar-refractivity contribution >= 4 is 21.4 Å². The van der Waals surface area contributed by atoms with Crippen molar-refractivity contribution in [3.05, 3.63) is 59.9 Å². The summed E-state index contributed by atoms with van der Waals surface area (Å²) in [5.41, 5.74) is 1.80. The molecule has 120 valence electrons. The zero-order valence-electron chi connectivity index (χ0n) is 12.6. The summed E-state index contributed by atoms with van der Waals surface area (Å²) in [5, 5.41) is -1.22. The smallest absolute Gasteiger partial charge is 0.245 e. The van der Waals surface area contributed by atoms with E-state index in [0.717, 1.165) is 23.4 Å². The minimum Gasteiger partial charge on any atom is -0.311 e. The van der Waals surface area contributed by atoms with Crippen molar-refractivity contribution in [2.75, 3.05) is 11.4 Å². The van der Waals surface area contributed by atoms with Gasteiger partial charge in [-0.3, -0.25) is 4.79 Å². The molecule has 0 saturated carbocycles. The summed E-state index contributed by atoms with van der Waals surface area (Å²) < 4.78 is 38.1. The molecule has 2 aromatic rings. The highest BCUT2D eigenvalue weighted by molar-refractivity contribution is 7.92. The zero-order chi connectivity index (χ0) is 16.6. The third kappa shape index (κ3) is 2.74. The van der Waals surface area contributed by atoms with E-state index in [-0.39, 0.29) is 4.90 Å².